The summed E-state index contributed by atoms with van der Waals surface area (Å²) in [6, 6.07) is 0. The molecular formula is C13H21F3N2O. The van der Waals surface area contributed by atoms with Gasteiger partial charge in [0.15, 0.2) is 0 Å². The third kappa shape index (κ3) is 4.76. The van der Waals surface area contributed by atoms with Gasteiger partial charge in [-0.15, -0.1) is 0 Å². The average molecular weight is 278 g/mol. The number of hydrogen-bond donors (Lipinski definition) is 0. The van der Waals surface area contributed by atoms with E-state index in [1.54, 1.807) is 0 Å². The predicted octanol–water partition coefficient (Wildman–Crippen LogP) is 1.93. The predicted molar refractivity (Wildman–Crippen MR) is 65.9 cm³/mol. The molecule has 2 aliphatic rings. The van der Waals surface area contributed by atoms with E-state index in [-0.39, 0.29) is 5.92 Å². The molecule has 110 valence electrons. The van der Waals surface area contributed by atoms with Gasteiger partial charge in [-0.25, -0.2) is 0 Å². The van der Waals surface area contributed by atoms with Crippen molar-refractivity contribution in [2.24, 2.45) is 5.92 Å². The first-order chi connectivity index (χ1) is 8.94. The molecule has 1 aliphatic heterocycles. The van der Waals surface area contributed by atoms with Crippen LogP contribution >= 0.6 is 0 Å². The van der Waals surface area contributed by atoms with E-state index in [2.05, 4.69) is 4.90 Å². The summed E-state index contributed by atoms with van der Waals surface area (Å²) in [6.45, 7) is 2.34. The van der Waals surface area contributed by atoms with E-state index < -0.39 is 12.7 Å². The van der Waals surface area contributed by atoms with E-state index in [0.29, 0.717) is 38.4 Å². The molecule has 19 heavy (non-hydrogen) atoms. The highest BCUT2D eigenvalue weighted by molar-refractivity contribution is 5.82. The van der Waals surface area contributed by atoms with Gasteiger partial charge in [0.25, 0.3) is 0 Å². The summed E-state index contributed by atoms with van der Waals surface area (Å²) in [7, 11) is 0. The number of alkyl halides is 3. The summed E-state index contributed by atoms with van der Waals surface area (Å²) in [6.07, 6.45) is -0.518. The van der Waals surface area contributed by atoms with E-state index in [9.17, 15) is 18.0 Å². The van der Waals surface area contributed by atoms with Crippen LogP contribution < -0.4 is 0 Å². The van der Waals surface area contributed by atoms with Crippen LogP contribution in [0, 0.1) is 5.92 Å². The Morgan fingerprint density at radius 3 is 2.26 bits per heavy atom. The van der Waals surface area contributed by atoms with Crippen molar-refractivity contribution in [3.8, 4) is 0 Å². The first-order valence-electron chi connectivity index (χ1n) is 6.98. The number of hydrogen-bond acceptors (Lipinski definition) is 3. The number of carbonyl (C=O) groups excluding carboxylic acids is 1. The van der Waals surface area contributed by atoms with Crippen molar-refractivity contribution in [2.45, 2.75) is 31.9 Å². The maximum Gasteiger partial charge on any atom is 0.401 e. The van der Waals surface area contributed by atoms with Gasteiger partial charge in [0, 0.05) is 38.5 Å². The SMILES string of the molecule is O=C1CCCC1CCN1CCN(CC(F)(F)F)CC1. The van der Waals surface area contributed by atoms with Crippen molar-refractivity contribution < 1.29 is 18.0 Å². The maximum absolute atomic E-state index is 12.2. The average Bonchev–Trinajstić information content (AvgIpc) is 2.72. The van der Waals surface area contributed by atoms with Crippen molar-refractivity contribution in [3.05, 3.63) is 0 Å². The number of Topliss-reactive ketones (excluding diaryl/α,β-unsaturated/α-hetero) is 1. The van der Waals surface area contributed by atoms with E-state index >= 15 is 0 Å². The summed E-state index contributed by atoms with van der Waals surface area (Å²) >= 11 is 0. The van der Waals surface area contributed by atoms with Crippen molar-refractivity contribution >= 4 is 5.78 Å². The van der Waals surface area contributed by atoms with Gasteiger partial charge < -0.3 is 4.90 Å². The Morgan fingerprint density at radius 2 is 1.74 bits per heavy atom. The van der Waals surface area contributed by atoms with Crippen LogP contribution in [0.2, 0.25) is 0 Å². The van der Waals surface area contributed by atoms with Gasteiger partial charge in [0.2, 0.25) is 0 Å². The van der Waals surface area contributed by atoms with Crippen LogP contribution in [0.1, 0.15) is 25.7 Å². The molecule has 2 rings (SSSR count). The zero-order valence-electron chi connectivity index (χ0n) is 11.1. The summed E-state index contributed by atoms with van der Waals surface area (Å²) in [5.74, 6) is 0.573. The third-order valence-electron chi connectivity index (χ3n) is 4.09. The Bertz CT molecular complexity index is 312. The molecular weight excluding hydrogens is 257 g/mol. The standard InChI is InChI=1S/C13H21F3N2O/c14-13(15,16)10-18-8-6-17(7-9-18)5-4-11-2-1-3-12(11)19/h11H,1-10H2. The van der Waals surface area contributed by atoms with Gasteiger partial charge in [-0.1, -0.05) is 0 Å². The maximum atomic E-state index is 12.2. The molecule has 1 aliphatic carbocycles. The molecule has 0 amide bonds. The second-order valence-corrected chi connectivity index (χ2v) is 5.58. The minimum atomic E-state index is -4.10. The first-order valence-corrected chi connectivity index (χ1v) is 6.98. The Balaban J connectivity index is 1.65. The highest BCUT2D eigenvalue weighted by atomic mass is 19.4. The molecule has 0 bridgehead atoms. The van der Waals surface area contributed by atoms with Gasteiger partial charge in [0.05, 0.1) is 6.54 Å². The molecule has 0 N–H and O–H groups in total. The van der Waals surface area contributed by atoms with Crippen molar-refractivity contribution in [1.82, 2.24) is 9.80 Å². The Hall–Kier alpha value is -0.620. The van der Waals surface area contributed by atoms with Crippen LogP contribution in [0.3, 0.4) is 0 Å². The Labute approximate surface area is 111 Å². The van der Waals surface area contributed by atoms with E-state index in [4.69, 9.17) is 0 Å². The first kappa shape index (κ1) is 14.8. The molecule has 1 unspecified atom stereocenters. The topological polar surface area (TPSA) is 23.6 Å². The molecule has 2 fully saturated rings. The highest BCUT2D eigenvalue weighted by Crippen LogP contribution is 2.24. The van der Waals surface area contributed by atoms with Gasteiger partial charge in [-0.3, -0.25) is 9.69 Å². The lowest BCUT2D eigenvalue weighted by Crippen LogP contribution is -2.49. The molecule has 1 saturated heterocycles. The summed E-state index contributed by atoms with van der Waals surface area (Å²) in [5, 5.41) is 0. The fraction of sp³-hybridized carbons (Fsp3) is 0.923. The van der Waals surface area contributed by atoms with Crippen LogP contribution in [0.4, 0.5) is 13.2 Å². The van der Waals surface area contributed by atoms with Crippen LogP contribution in [-0.4, -0.2) is 61.0 Å². The molecule has 0 aromatic carbocycles. The minimum absolute atomic E-state index is 0.202. The Kier molecular flexibility index (Phi) is 4.84. The summed E-state index contributed by atoms with van der Waals surface area (Å²) in [5.41, 5.74) is 0. The third-order valence-corrected chi connectivity index (χ3v) is 4.09. The number of ketones is 1. The van der Waals surface area contributed by atoms with E-state index in [1.807, 2.05) is 0 Å². The van der Waals surface area contributed by atoms with Gasteiger partial charge in [-0.2, -0.15) is 13.2 Å². The molecule has 3 nitrogen and oxygen atoms in total. The molecule has 0 aromatic heterocycles. The monoisotopic (exact) mass is 278 g/mol. The molecule has 1 saturated carbocycles. The summed E-state index contributed by atoms with van der Waals surface area (Å²) < 4.78 is 36.7. The molecule has 0 spiro atoms. The lowest BCUT2D eigenvalue weighted by molar-refractivity contribution is -0.149. The van der Waals surface area contributed by atoms with E-state index in [1.165, 1.54) is 4.90 Å². The van der Waals surface area contributed by atoms with Crippen molar-refractivity contribution in [2.75, 3.05) is 39.3 Å². The van der Waals surface area contributed by atoms with Crippen LogP contribution in [0.15, 0.2) is 0 Å². The van der Waals surface area contributed by atoms with Gasteiger partial charge in [0.1, 0.15) is 5.78 Å². The second-order valence-electron chi connectivity index (χ2n) is 5.58. The van der Waals surface area contributed by atoms with Crippen LogP contribution in [-0.2, 0) is 4.79 Å². The molecule has 1 atom stereocenters. The lowest BCUT2D eigenvalue weighted by Gasteiger charge is -2.35. The number of rotatable bonds is 4. The van der Waals surface area contributed by atoms with Crippen molar-refractivity contribution in [3.63, 3.8) is 0 Å². The molecule has 0 radical (unpaired) electrons. The zero-order chi connectivity index (χ0) is 13.9. The van der Waals surface area contributed by atoms with Crippen molar-refractivity contribution in [1.29, 1.82) is 0 Å². The number of nitrogens with zero attached hydrogens (tertiary/aromatic N) is 2. The Morgan fingerprint density at radius 1 is 1.11 bits per heavy atom. The normalized spacial score (nSPS) is 27.1. The van der Waals surface area contributed by atoms with Gasteiger partial charge in [-0.05, 0) is 25.8 Å². The lowest BCUT2D eigenvalue weighted by atomic mass is 10.0. The number of piperazine rings is 1. The quantitative estimate of drug-likeness (QED) is 0.785. The number of carbonyl (C=O) groups is 1. The molecule has 1 heterocycles. The second kappa shape index (κ2) is 6.22. The van der Waals surface area contributed by atoms with Crippen LogP contribution in [0.25, 0.3) is 0 Å². The fourth-order valence-corrected chi connectivity index (χ4v) is 2.96. The molecule has 0 aromatic rings. The van der Waals surface area contributed by atoms with E-state index in [0.717, 1.165) is 25.8 Å². The zero-order valence-corrected chi connectivity index (χ0v) is 11.1. The largest absolute Gasteiger partial charge is 0.401 e. The smallest absolute Gasteiger partial charge is 0.301 e. The van der Waals surface area contributed by atoms with Gasteiger partial charge >= 0.3 is 6.18 Å². The number of halogens is 3. The summed E-state index contributed by atoms with van der Waals surface area (Å²) in [4.78, 5) is 15.1. The van der Waals surface area contributed by atoms with Crippen LogP contribution in [0.5, 0.6) is 0 Å². The minimum Gasteiger partial charge on any atom is -0.301 e. The molecule has 6 heteroatoms. The highest BCUT2D eigenvalue weighted by Gasteiger charge is 2.32. The fourth-order valence-electron chi connectivity index (χ4n) is 2.96.